The quantitative estimate of drug-likeness (QED) is 0.826. The molecule has 2 aliphatic heterocycles. The van der Waals surface area contributed by atoms with E-state index in [4.69, 9.17) is 0 Å². The van der Waals surface area contributed by atoms with Crippen molar-refractivity contribution in [3.8, 4) is 0 Å². The van der Waals surface area contributed by atoms with Crippen LogP contribution >= 0.6 is 0 Å². The average Bonchev–Trinajstić information content (AvgIpc) is 3.24. The first-order chi connectivity index (χ1) is 12.4. The van der Waals surface area contributed by atoms with Crippen molar-refractivity contribution in [1.82, 2.24) is 20.0 Å². The maximum absolute atomic E-state index is 12.8. The molecule has 2 N–H and O–H groups in total. The number of hydrogen-bond acceptors (Lipinski definition) is 4. The summed E-state index contributed by atoms with van der Waals surface area (Å²) in [5.74, 6) is -0.323. The number of rotatable bonds is 4. The molecule has 0 aromatic carbocycles. The highest BCUT2D eigenvalue weighted by Gasteiger charge is 2.43. The lowest BCUT2D eigenvalue weighted by molar-refractivity contribution is -0.147. The van der Waals surface area contributed by atoms with Crippen LogP contribution in [0.1, 0.15) is 33.1 Å². The average molecular weight is 363 g/mol. The van der Waals surface area contributed by atoms with E-state index in [0.717, 1.165) is 12.2 Å². The van der Waals surface area contributed by atoms with Gasteiger partial charge < -0.3 is 15.3 Å². The first kappa shape index (κ1) is 18.2. The predicted molar refractivity (Wildman–Crippen MR) is 93.7 cm³/mol. The minimum absolute atomic E-state index is 0.153. The summed E-state index contributed by atoms with van der Waals surface area (Å²) in [6.45, 7) is 5.38. The number of aryl methyl sites for hydroxylation is 1. The zero-order valence-electron chi connectivity index (χ0n) is 15.1. The first-order valence-electron chi connectivity index (χ1n) is 8.98. The van der Waals surface area contributed by atoms with Gasteiger partial charge in [-0.15, -0.1) is 0 Å². The van der Waals surface area contributed by atoms with Gasteiger partial charge in [0.05, 0.1) is 11.6 Å². The first-order valence-corrected chi connectivity index (χ1v) is 8.98. The van der Waals surface area contributed by atoms with E-state index >= 15 is 0 Å². The molecule has 1 aromatic rings. The molecular weight excluding hydrogens is 338 g/mol. The molecule has 2 atom stereocenters. The number of aliphatic carboxylic acids is 1. The van der Waals surface area contributed by atoms with E-state index in [0.29, 0.717) is 32.5 Å². The molecule has 0 aliphatic carbocycles. The molecular formula is C17H25N5O4. The van der Waals surface area contributed by atoms with Crippen molar-refractivity contribution in [2.45, 2.75) is 45.7 Å². The summed E-state index contributed by atoms with van der Waals surface area (Å²) in [5.41, 5.74) is -0.923. The van der Waals surface area contributed by atoms with Crippen LogP contribution in [0.3, 0.4) is 0 Å². The van der Waals surface area contributed by atoms with Crippen LogP contribution in [0.4, 0.5) is 10.6 Å². The predicted octanol–water partition coefficient (Wildman–Crippen LogP) is 0.905. The fraction of sp³-hybridized carbons (Fsp3) is 0.647. The van der Waals surface area contributed by atoms with E-state index in [1.54, 1.807) is 28.8 Å². The van der Waals surface area contributed by atoms with Crippen LogP contribution in [0.5, 0.6) is 0 Å². The third-order valence-electron chi connectivity index (χ3n) is 5.28. The second-order valence-corrected chi connectivity index (χ2v) is 7.18. The zero-order chi connectivity index (χ0) is 18.9. The maximum atomic E-state index is 12.8. The van der Waals surface area contributed by atoms with Crippen LogP contribution in [0.2, 0.25) is 0 Å². The number of hydrogen-bond donors (Lipinski definition) is 2. The van der Waals surface area contributed by atoms with Crippen LogP contribution in [0.15, 0.2) is 12.3 Å². The number of aromatic nitrogens is 2. The highest BCUT2D eigenvalue weighted by atomic mass is 16.4. The Morgan fingerprint density at radius 1 is 1.42 bits per heavy atom. The van der Waals surface area contributed by atoms with E-state index in [2.05, 4.69) is 10.4 Å². The van der Waals surface area contributed by atoms with Gasteiger partial charge in [-0.2, -0.15) is 5.10 Å². The van der Waals surface area contributed by atoms with Crippen molar-refractivity contribution < 1.29 is 19.5 Å². The minimum Gasteiger partial charge on any atom is -0.481 e. The Hall–Kier alpha value is -2.58. The lowest BCUT2D eigenvalue weighted by Crippen LogP contribution is -2.55. The molecule has 9 heteroatoms. The second-order valence-electron chi connectivity index (χ2n) is 7.18. The molecule has 2 fully saturated rings. The molecule has 2 unspecified atom stereocenters. The number of carbonyl (C=O) groups excluding carboxylic acids is 2. The number of piperidine rings is 1. The number of nitrogens with one attached hydrogen (secondary N) is 1. The van der Waals surface area contributed by atoms with E-state index in [1.807, 2.05) is 6.92 Å². The van der Waals surface area contributed by atoms with Crippen LogP contribution in [0, 0.1) is 5.41 Å². The second kappa shape index (κ2) is 6.97. The number of carboxylic acids is 1. The standard InChI is InChI=1S/C17H25N5O4/c1-3-22-13(6-8-18-22)21-9-4-5-12(14(21)23)19-16(26)20-10-7-17(2,11-20)15(24)25/h6,8,12H,3-5,7,9-11H2,1-2H3,(H,19,26)(H,24,25). The molecule has 3 rings (SSSR count). The van der Waals surface area contributed by atoms with Crippen LogP contribution in [-0.2, 0) is 16.1 Å². The van der Waals surface area contributed by atoms with E-state index in [9.17, 15) is 19.5 Å². The Balaban J connectivity index is 1.65. The van der Waals surface area contributed by atoms with Crippen molar-refractivity contribution in [3.05, 3.63) is 12.3 Å². The Bertz CT molecular complexity index is 718. The molecule has 3 heterocycles. The molecule has 9 nitrogen and oxygen atoms in total. The number of carbonyl (C=O) groups is 3. The van der Waals surface area contributed by atoms with Crippen LogP contribution in [0.25, 0.3) is 0 Å². The Morgan fingerprint density at radius 3 is 2.85 bits per heavy atom. The van der Waals surface area contributed by atoms with Gasteiger partial charge in [0.2, 0.25) is 0 Å². The number of anilines is 1. The third-order valence-corrected chi connectivity index (χ3v) is 5.28. The summed E-state index contributed by atoms with van der Waals surface area (Å²) in [4.78, 5) is 39.8. The van der Waals surface area contributed by atoms with Crippen molar-refractivity contribution in [2.75, 3.05) is 24.5 Å². The van der Waals surface area contributed by atoms with Gasteiger partial charge in [0.15, 0.2) is 0 Å². The summed E-state index contributed by atoms with van der Waals surface area (Å²) in [6, 6.07) is 0.817. The van der Waals surface area contributed by atoms with Crippen molar-refractivity contribution in [3.63, 3.8) is 0 Å². The largest absolute Gasteiger partial charge is 0.481 e. The number of amides is 3. The summed E-state index contributed by atoms with van der Waals surface area (Å²) >= 11 is 0. The van der Waals surface area contributed by atoms with E-state index in [-0.39, 0.29) is 18.5 Å². The van der Waals surface area contributed by atoms with Crippen molar-refractivity contribution in [2.24, 2.45) is 5.41 Å². The Labute approximate surface area is 151 Å². The minimum atomic E-state index is -0.923. The number of carboxylic acid groups (broad SMARTS) is 1. The van der Waals surface area contributed by atoms with Gasteiger partial charge in [0.1, 0.15) is 11.9 Å². The number of likely N-dealkylation sites (tertiary alicyclic amines) is 1. The van der Waals surface area contributed by atoms with Gasteiger partial charge >= 0.3 is 12.0 Å². The monoisotopic (exact) mass is 363 g/mol. The normalized spacial score (nSPS) is 26.2. The molecule has 0 spiro atoms. The summed E-state index contributed by atoms with van der Waals surface area (Å²) in [5, 5.41) is 16.3. The zero-order valence-corrected chi connectivity index (χ0v) is 15.1. The fourth-order valence-electron chi connectivity index (χ4n) is 3.58. The van der Waals surface area contributed by atoms with Gasteiger partial charge in [-0.1, -0.05) is 0 Å². The van der Waals surface area contributed by atoms with Crippen LogP contribution < -0.4 is 10.2 Å². The molecule has 3 amide bonds. The third kappa shape index (κ3) is 3.25. The lowest BCUT2D eigenvalue weighted by Gasteiger charge is -2.33. The van der Waals surface area contributed by atoms with Gasteiger partial charge in [0.25, 0.3) is 5.91 Å². The van der Waals surface area contributed by atoms with E-state index in [1.165, 1.54) is 4.90 Å². The fourth-order valence-corrected chi connectivity index (χ4v) is 3.58. The molecule has 0 radical (unpaired) electrons. The maximum Gasteiger partial charge on any atom is 0.318 e. The molecule has 142 valence electrons. The smallest absolute Gasteiger partial charge is 0.318 e. The molecule has 2 saturated heterocycles. The summed E-state index contributed by atoms with van der Waals surface area (Å²) < 4.78 is 1.75. The van der Waals surface area contributed by atoms with Crippen molar-refractivity contribution in [1.29, 1.82) is 0 Å². The highest BCUT2D eigenvalue weighted by Crippen LogP contribution is 2.30. The molecule has 0 saturated carbocycles. The summed E-state index contributed by atoms with van der Waals surface area (Å²) in [7, 11) is 0. The van der Waals surface area contributed by atoms with Gasteiger partial charge in [0, 0.05) is 32.2 Å². The number of nitrogens with zero attached hydrogens (tertiary/aromatic N) is 4. The summed E-state index contributed by atoms with van der Waals surface area (Å²) in [6.07, 6.45) is 3.42. The van der Waals surface area contributed by atoms with E-state index < -0.39 is 17.4 Å². The Morgan fingerprint density at radius 2 is 2.19 bits per heavy atom. The lowest BCUT2D eigenvalue weighted by atomic mass is 9.90. The molecule has 26 heavy (non-hydrogen) atoms. The Kier molecular flexibility index (Phi) is 4.88. The topological polar surface area (TPSA) is 108 Å². The molecule has 2 aliphatic rings. The molecule has 0 bridgehead atoms. The van der Waals surface area contributed by atoms with Gasteiger partial charge in [-0.25, -0.2) is 9.48 Å². The van der Waals surface area contributed by atoms with Gasteiger partial charge in [-0.05, 0) is 33.1 Å². The van der Waals surface area contributed by atoms with Crippen molar-refractivity contribution >= 4 is 23.7 Å². The number of urea groups is 1. The van der Waals surface area contributed by atoms with Crippen LogP contribution in [-0.4, -0.2) is 63.4 Å². The highest BCUT2D eigenvalue weighted by molar-refractivity contribution is 5.99. The SMILES string of the molecule is CCn1nccc1N1CCCC(NC(=O)N2CCC(C)(C(=O)O)C2)C1=O. The van der Waals surface area contributed by atoms with Gasteiger partial charge in [-0.3, -0.25) is 14.5 Å². The molecule has 1 aromatic heterocycles.